The first-order valence-corrected chi connectivity index (χ1v) is 5.07. The van der Waals surface area contributed by atoms with Crippen LogP contribution in [0.3, 0.4) is 0 Å². The Kier molecular flexibility index (Phi) is 4.41. The first-order valence-electron chi connectivity index (χ1n) is 5.07. The maximum Gasteiger partial charge on any atom is 0.573 e. The van der Waals surface area contributed by atoms with Crippen molar-refractivity contribution in [2.75, 3.05) is 0 Å². The Bertz CT molecular complexity index is 417. The molecule has 1 atom stereocenters. The fourth-order valence-electron chi connectivity index (χ4n) is 1.22. The van der Waals surface area contributed by atoms with Gasteiger partial charge in [0.1, 0.15) is 0 Å². The smallest absolute Gasteiger partial charge is 0.479 e. The average Bonchev–Trinajstić information content (AvgIpc) is 2.25. The van der Waals surface area contributed by atoms with Crippen LogP contribution in [0.5, 0.6) is 11.5 Å². The number of carboxylic acids is 1. The molecule has 0 bridgehead atoms. The van der Waals surface area contributed by atoms with Crippen LogP contribution >= 0.6 is 0 Å². The molecule has 0 fully saturated rings. The molecule has 0 aromatic heterocycles. The van der Waals surface area contributed by atoms with E-state index in [4.69, 9.17) is 9.84 Å². The number of benzene rings is 1. The number of hydrogen-bond donors (Lipinski definition) is 1. The van der Waals surface area contributed by atoms with Gasteiger partial charge in [-0.1, -0.05) is 19.1 Å². The SMILES string of the molecule is CCC(Oc1ccccc1OC(F)(F)F)C(=O)O. The molecule has 0 amide bonds. The van der Waals surface area contributed by atoms with Crippen LogP contribution in [0, 0.1) is 0 Å². The van der Waals surface area contributed by atoms with E-state index in [0.29, 0.717) is 0 Å². The van der Waals surface area contributed by atoms with Gasteiger partial charge in [0, 0.05) is 0 Å². The summed E-state index contributed by atoms with van der Waals surface area (Å²) >= 11 is 0. The van der Waals surface area contributed by atoms with Crippen LogP contribution in [0.2, 0.25) is 0 Å². The van der Waals surface area contributed by atoms with Crippen molar-refractivity contribution in [3.05, 3.63) is 24.3 Å². The van der Waals surface area contributed by atoms with Crippen molar-refractivity contribution in [3.8, 4) is 11.5 Å². The summed E-state index contributed by atoms with van der Waals surface area (Å²) in [5, 5.41) is 8.77. The molecule has 7 heteroatoms. The number of hydrogen-bond acceptors (Lipinski definition) is 3. The second-order valence-electron chi connectivity index (χ2n) is 3.35. The van der Waals surface area contributed by atoms with Crippen molar-refractivity contribution in [1.82, 2.24) is 0 Å². The molecule has 1 N–H and O–H groups in total. The lowest BCUT2D eigenvalue weighted by Gasteiger charge is -2.17. The van der Waals surface area contributed by atoms with E-state index in [9.17, 15) is 18.0 Å². The van der Waals surface area contributed by atoms with Gasteiger partial charge in [-0.15, -0.1) is 13.2 Å². The van der Waals surface area contributed by atoms with Gasteiger partial charge >= 0.3 is 12.3 Å². The first-order chi connectivity index (χ1) is 8.33. The third-order valence-electron chi connectivity index (χ3n) is 1.99. The van der Waals surface area contributed by atoms with E-state index >= 15 is 0 Å². The van der Waals surface area contributed by atoms with Gasteiger partial charge in [0.05, 0.1) is 0 Å². The highest BCUT2D eigenvalue weighted by molar-refractivity contribution is 5.72. The number of rotatable bonds is 5. The molecule has 18 heavy (non-hydrogen) atoms. The van der Waals surface area contributed by atoms with Crippen LogP contribution in [-0.2, 0) is 4.79 Å². The molecular weight excluding hydrogens is 253 g/mol. The highest BCUT2D eigenvalue weighted by atomic mass is 19.4. The number of para-hydroxylation sites is 2. The third kappa shape index (κ3) is 4.15. The molecule has 0 aliphatic heterocycles. The number of halogens is 3. The molecule has 100 valence electrons. The number of carboxylic acid groups (broad SMARTS) is 1. The van der Waals surface area contributed by atoms with Crippen molar-refractivity contribution in [1.29, 1.82) is 0 Å². The van der Waals surface area contributed by atoms with Gasteiger partial charge in [0.15, 0.2) is 17.6 Å². The standard InChI is InChI=1S/C11H11F3O4/c1-2-7(10(15)16)17-8-5-3-4-6-9(8)18-11(12,13)14/h3-7H,2H2,1H3,(H,15,16). The van der Waals surface area contributed by atoms with Gasteiger partial charge < -0.3 is 14.6 Å². The van der Waals surface area contributed by atoms with E-state index in [-0.39, 0.29) is 12.2 Å². The molecule has 0 saturated carbocycles. The van der Waals surface area contributed by atoms with Crippen molar-refractivity contribution in [2.45, 2.75) is 25.8 Å². The molecule has 0 radical (unpaired) electrons. The van der Waals surface area contributed by atoms with Gasteiger partial charge in [0.25, 0.3) is 0 Å². The molecule has 1 unspecified atom stereocenters. The predicted octanol–water partition coefficient (Wildman–Crippen LogP) is 2.83. The van der Waals surface area contributed by atoms with Gasteiger partial charge in [-0.3, -0.25) is 0 Å². The first kappa shape index (κ1) is 14.1. The molecule has 0 aliphatic rings. The van der Waals surface area contributed by atoms with E-state index in [1.54, 1.807) is 6.92 Å². The zero-order chi connectivity index (χ0) is 13.8. The lowest BCUT2D eigenvalue weighted by Crippen LogP contribution is -2.26. The lowest BCUT2D eigenvalue weighted by molar-refractivity contribution is -0.275. The maximum absolute atomic E-state index is 12.1. The quantitative estimate of drug-likeness (QED) is 0.888. The Balaban J connectivity index is 2.91. The number of ether oxygens (including phenoxy) is 2. The Morgan fingerprint density at radius 3 is 2.33 bits per heavy atom. The van der Waals surface area contributed by atoms with E-state index < -0.39 is 24.2 Å². The summed E-state index contributed by atoms with van der Waals surface area (Å²) in [6, 6.07) is 5.02. The molecule has 4 nitrogen and oxygen atoms in total. The van der Waals surface area contributed by atoms with Crippen LogP contribution in [-0.4, -0.2) is 23.5 Å². The fourth-order valence-corrected chi connectivity index (χ4v) is 1.22. The van der Waals surface area contributed by atoms with Crippen LogP contribution in [0.1, 0.15) is 13.3 Å². The second kappa shape index (κ2) is 5.61. The topological polar surface area (TPSA) is 55.8 Å². The minimum atomic E-state index is -4.86. The summed E-state index contributed by atoms with van der Waals surface area (Å²) in [4.78, 5) is 10.7. The van der Waals surface area contributed by atoms with E-state index in [2.05, 4.69) is 4.74 Å². The third-order valence-corrected chi connectivity index (χ3v) is 1.99. The predicted molar refractivity (Wildman–Crippen MR) is 55.5 cm³/mol. The normalized spacial score (nSPS) is 12.9. The summed E-state index contributed by atoms with van der Waals surface area (Å²) in [7, 11) is 0. The van der Waals surface area contributed by atoms with E-state index in [1.807, 2.05) is 0 Å². The number of aliphatic carboxylic acids is 1. The minimum absolute atomic E-state index is 0.121. The molecule has 0 spiro atoms. The van der Waals surface area contributed by atoms with Gasteiger partial charge in [-0.2, -0.15) is 0 Å². The average molecular weight is 264 g/mol. The van der Waals surface area contributed by atoms with Crippen LogP contribution < -0.4 is 9.47 Å². The maximum atomic E-state index is 12.1. The molecule has 1 aromatic carbocycles. The number of alkyl halides is 3. The Labute approximate surface area is 101 Å². The van der Waals surface area contributed by atoms with E-state index in [0.717, 1.165) is 6.07 Å². The molecule has 1 aromatic rings. The Morgan fingerprint density at radius 1 is 1.33 bits per heavy atom. The molecule has 1 rings (SSSR count). The van der Waals surface area contributed by atoms with Gasteiger partial charge in [-0.05, 0) is 18.6 Å². The summed E-state index contributed by atoms with van der Waals surface area (Å²) in [5.74, 6) is -2.08. The monoisotopic (exact) mass is 264 g/mol. The lowest BCUT2D eigenvalue weighted by atomic mass is 10.2. The van der Waals surface area contributed by atoms with E-state index in [1.165, 1.54) is 18.2 Å². The van der Waals surface area contributed by atoms with Crippen LogP contribution in [0.15, 0.2) is 24.3 Å². The second-order valence-corrected chi connectivity index (χ2v) is 3.35. The molecule has 0 aliphatic carbocycles. The zero-order valence-electron chi connectivity index (χ0n) is 9.40. The summed E-state index contributed by atoms with van der Waals surface area (Å²) in [6.07, 6.45) is -5.96. The minimum Gasteiger partial charge on any atom is -0.479 e. The molecular formula is C11H11F3O4. The van der Waals surface area contributed by atoms with Crippen LogP contribution in [0.25, 0.3) is 0 Å². The largest absolute Gasteiger partial charge is 0.573 e. The Morgan fingerprint density at radius 2 is 1.89 bits per heavy atom. The van der Waals surface area contributed by atoms with Crippen molar-refractivity contribution >= 4 is 5.97 Å². The highest BCUT2D eigenvalue weighted by Crippen LogP contribution is 2.32. The molecule has 0 saturated heterocycles. The fraction of sp³-hybridized carbons (Fsp3) is 0.364. The van der Waals surface area contributed by atoms with Crippen molar-refractivity contribution in [2.24, 2.45) is 0 Å². The summed E-state index contributed by atoms with van der Waals surface area (Å²) in [5.41, 5.74) is 0. The molecule has 0 heterocycles. The highest BCUT2D eigenvalue weighted by Gasteiger charge is 2.33. The van der Waals surface area contributed by atoms with Crippen molar-refractivity contribution in [3.63, 3.8) is 0 Å². The van der Waals surface area contributed by atoms with Gasteiger partial charge in [0.2, 0.25) is 0 Å². The summed E-state index contributed by atoms with van der Waals surface area (Å²) in [6.45, 7) is 1.55. The Hall–Kier alpha value is -1.92. The van der Waals surface area contributed by atoms with Crippen molar-refractivity contribution < 1.29 is 32.5 Å². The zero-order valence-corrected chi connectivity index (χ0v) is 9.40. The number of carbonyl (C=O) groups is 1. The van der Waals surface area contributed by atoms with Gasteiger partial charge in [-0.25, -0.2) is 4.79 Å². The summed E-state index contributed by atoms with van der Waals surface area (Å²) < 4.78 is 45.0. The van der Waals surface area contributed by atoms with Crippen LogP contribution in [0.4, 0.5) is 13.2 Å².